The molecular weight excluding hydrogens is 222 g/mol. The topological polar surface area (TPSA) is 69.6 Å². The third kappa shape index (κ3) is 12.2. The summed E-state index contributed by atoms with van der Waals surface area (Å²) in [5.74, 6) is 0.553. The molecule has 0 rings (SSSR count). The van der Waals surface area contributed by atoms with E-state index in [4.69, 9.17) is 9.11 Å². The highest BCUT2D eigenvalue weighted by molar-refractivity contribution is 8.34. The molecule has 0 aliphatic rings. The molecule has 0 aromatic rings. The van der Waals surface area contributed by atoms with Crippen LogP contribution in [0.1, 0.15) is 32.1 Å². The van der Waals surface area contributed by atoms with Crippen molar-refractivity contribution in [3.05, 3.63) is 0 Å². The van der Waals surface area contributed by atoms with Crippen molar-refractivity contribution >= 4 is 19.4 Å². The van der Waals surface area contributed by atoms with Crippen LogP contribution >= 0.6 is 0 Å². The Labute approximate surface area is 89.8 Å². The first-order valence-corrected chi connectivity index (χ1v) is 7.82. The molecule has 86 valence electrons. The van der Waals surface area contributed by atoms with Crippen molar-refractivity contribution in [3.63, 3.8) is 0 Å². The van der Waals surface area contributed by atoms with Crippen molar-refractivity contribution in [1.29, 1.82) is 0 Å². The predicted molar refractivity (Wildman–Crippen MR) is 62.6 cm³/mol. The highest BCUT2D eigenvalue weighted by Crippen LogP contribution is 2.02. The first-order chi connectivity index (χ1) is 6.56. The maximum Gasteiger partial charge on any atom is 0.430 e. The summed E-state index contributed by atoms with van der Waals surface area (Å²) >= 11 is 0. The van der Waals surface area contributed by atoms with E-state index in [1.165, 1.54) is 12.8 Å². The van der Waals surface area contributed by atoms with Gasteiger partial charge in [-0.05, 0) is 26.4 Å². The molecule has 0 aliphatic heterocycles. The van der Waals surface area contributed by atoms with E-state index >= 15 is 0 Å². The summed E-state index contributed by atoms with van der Waals surface area (Å²) in [5.41, 5.74) is 0. The number of rotatable bonds is 8. The summed E-state index contributed by atoms with van der Waals surface area (Å²) < 4.78 is 27.5. The Morgan fingerprint density at radius 1 is 1.14 bits per heavy atom. The van der Waals surface area contributed by atoms with Crippen LogP contribution in [0.3, 0.4) is 0 Å². The highest BCUT2D eigenvalue weighted by atomic mass is 32.9. The highest BCUT2D eigenvalue weighted by Gasteiger charge is 2.08. The first-order valence-electron chi connectivity index (χ1n) is 4.84. The van der Waals surface area contributed by atoms with Gasteiger partial charge in [-0.15, -0.1) is 0 Å². The fraction of sp³-hybridized carbons (Fsp3) is 1.00. The van der Waals surface area contributed by atoms with Crippen LogP contribution in [0.4, 0.5) is 0 Å². The van der Waals surface area contributed by atoms with Crippen LogP contribution < -0.4 is 5.32 Å². The van der Waals surface area contributed by atoms with E-state index in [0.717, 1.165) is 36.1 Å². The summed E-state index contributed by atoms with van der Waals surface area (Å²) in [5, 5.41) is 3.08. The van der Waals surface area contributed by atoms with Crippen LogP contribution in [0, 0.1) is 0 Å². The van der Waals surface area contributed by atoms with Gasteiger partial charge in [-0.25, -0.2) is 0 Å². The molecule has 4 nitrogen and oxygen atoms in total. The third-order valence-corrected chi connectivity index (χ3v) is 3.99. The van der Waals surface area contributed by atoms with Crippen molar-refractivity contribution in [3.8, 4) is 0 Å². The van der Waals surface area contributed by atoms with Gasteiger partial charge in [0.1, 0.15) is 0 Å². The number of unbranched alkanes of at least 4 members (excludes halogenated alkanes) is 4. The van der Waals surface area contributed by atoms with Gasteiger partial charge in [0, 0.05) is 6.42 Å². The lowest BCUT2D eigenvalue weighted by Gasteiger charge is -1.97. The minimum absolute atomic E-state index is 0.553. The molecule has 3 N–H and O–H groups in total. The Kier molecular flexibility index (Phi) is 8.70. The van der Waals surface area contributed by atoms with Gasteiger partial charge >= 0.3 is 9.05 Å². The van der Waals surface area contributed by atoms with E-state index in [9.17, 15) is 4.21 Å². The molecule has 0 heterocycles. The van der Waals surface area contributed by atoms with Crippen molar-refractivity contribution in [2.45, 2.75) is 32.1 Å². The molecule has 0 aliphatic carbocycles. The lowest BCUT2D eigenvalue weighted by Crippen LogP contribution is -2.06. The summed E-state index contributed by atoms with van der Waals surface area (Å²) in [6.07, 6.45) is 5.48. The smallest absolute Gasteiger partial charge is 0.320 e. The molecule has 0 saturated heterocycles. The fourth-order valence-electron chi connectivity index (χ4n) is 1.10. The van der Waals surface area contributed by atoms with Gasteiger partial charge in [0.2, 0.25) is 0 Å². The third-order valence-electron chi connectivity index (χ3n) is 1.81. The fourth-order valence-corrected chi connectivity index (χ4v) is 2.65. The van der Waals surface area contributed by atoms with E-state index in [0.29, 0.717) is 5.75 Å². The minimum Gasteiger partial charge on any atom is -0.320 e. The molecule has 0 radical (unpaired) electrons. The zero-order valence-corrected chi connectivity index (χ0v) is 10.2. The van der Waals surface area contributed by atoms with E-state index < -0.39 is 9.05 Å². The average Bonchev–Trinajstić information content (AvgIpc) is 2.08. The Hall–Kier alpha value is 0.250. The van der Waals surface area contributed by atoms with E-state index in [1.54, 1.807) is 0 Å². The minimum atomic E-state index is -3.57. The number of hydrogen-bond donors (Lipinski definition) is 3. The first kappa shape index (κ1) is 14.2. The molecule has 0 aromatic heterocycles. The van der Waals surface area contributed by atoms with Crippen molar-refractivity contribution < 1.29 is 13.3 Å². The zero-order chi connectivity index (χ0) is 10.9. The molecule has 0 spiro atoms. The van der Waals surface area contributed by atoms with Gasteiger partial charge in [-0.1, -0.05) is 12.8 Å². The number of nitrogens with one attached hydrogen (secondary N) is 1. The Morgan fingerprint density at radius 2 is 1.71 bits per heavy atom. The molecule has 6 heteroatoms. The van der Waals surface area contributed by atoms with Crippen LogP contribution in [0.5, 0.6) is 0 Å². The molecular formula is C8H20NO3S2+. The lowest BCUT2D eigenvalue weighted by atomic mass is 10.1. The normalized spacial score (nSPS) is 11.6. The van der Waals surface area contributed by atoms with E-state index in [1.807, 2.05) is 7.05 Å². The average molecular weight is 242 g/mol. The van der Waals surface area contributed by atoms with Gasteiger partial charge < -0.3 is 5.32 Å². The molecule has 0 unspecified atom stereocenters. The molecule has 0 aromatic carbocycles. The zero-order valence-electron chi connectivity index (χ0n) is 8.57. The monoisotopic (exact) mass is 242 g/mol. The summed E-state index contributed by atoms with van der Waals surface area (Å²) in [7, 11) is -0.900. The van der Waals surface area contributed by atoms with Crippen LogP contribution in [-0.2, 0) is 19.4 Å². The van der Waals surface area contributed by atoms with Gasteiger partial charge in [0.05, 0.1) is 0 Å². The summed E-state index contributed by atoms with van der Waals surface area (Å²) in [6, 6.07) is 0. The quantitative estimate of drug-likeness (QED) is 0.444. The van der Waals surface area contributed by atoms with Crippen molar-refractivity contribution in [2.24, 2.45) is 0 Å². The Balaban J connectivity index is 3.19. The standard InChI is InChI=1S/C8H19NO3S2/c1-9-7-5-3-2-4-6-8-13-14(10,11)12/h9H,2-8H2,1H3,(H-,10,11,12)/p+1. The second-order valence-electron chi connectivity index (χ2n) is 3.14. The maximum atomic E-state index is 10.4. The van der Waals surface area contributed by atoms with E-state index in [-0.39, 0.29) is 0 Å². The predicted octanol–water partition coefficient (Wildman–Crippen LogP) is 1.38. The van der Waals surface area contributed by atoms with Gasteiger partial charge in [-0.2, -0.15) is 4.21 Å². The lowest BCUT2D eigenvalue weighted by molar-refractivity contribution is 0.450. The summed E-state index contributed by atoms with van der Waals surface area (Å²) in [4.78, 5) is 0. The largest absolute Gasteiger partial charge is 0.430 e. The van der Waals surface area contributed by atoms with Crippen LogP contribution in [-0.4, -0.2) is 32.7 Å². The second kappa shape index (κ2) is 8.55. The summed E-state index contributed by atoms with van der Waals surface area (Å²) in [6.45, 7) is 1.05. The molecule has 0 saturated carbocycles. The molecule has 0 fully saturated rings. The second-order valence-corrected chi connectivity index (χ2v) is 6.69. The van der Waals surface area contributed by atoms with Crippen LogP contribution in [0.15, 0.2) is 0 Å². The van der Waals surface area contributed by atoms with Gasteiger partial charge in [0.15, 0.2) is 5.75 Å². The Morgan fingerprint density at radius 3 is 2.29 bits per heavy atom. The molecule has 0 bridgehead atoms. The van der Waals surface area contributed by atoms with E-state index in [2.05, 4.69) is 5.32 Å². The number of hydrogen-bond acceptors (Lipinski definition) is 2. The SMILES string of the molecule is CNCCCCCCC[S+]=S(=O)(O)O. The van der Waals surface area contributed by atoms with Gasteiger partial charge in [-0.3, -0.25) is 9.11 Å². The van der Waals surface area contributed by atoms with Crippen LogP contribution in [0.25, 0.3) is 0 Å². The van der Waals surface area contributed by atoms with Gasteiger partial charge in [0.25, 0.3) is 10.3 Å². The van der Waals surface area contributed by atoms with Crippen molar-refractivity contribution in [2.75, 3.05) is 19.3 Å². The maximum absolute atomic E-state index is 10.4. The Bertz CT molecular complexity index is 229. The van der Waals surface area contributed by atoms with Crippen LogP contribution in [0.2, 0.25) is 0 Å². The molecule has 14 heavy (non-hydrogen) atoms. The molecule has 0 amide bonds. The van der Waals surface area contributed by atoms with Crippen molar-refractivity contribution in [1.82, 2.24) is 5.32 Å². The molecule has 0 atom stereocenters.